The molecule has 2 aromatic rings. The van der Waals surface area contributed by atoms with Gasteiger partial charge in [-0.25, -0.2) is 9.59 Å². The number of aromatic nitrogens is 2. The molecule has 2 aliphatic heterocycles. The Kier molecular flexibility index (Phi) is 3.48. The zero-order valence-corrected chi connectivity index (χ0v) is 13.5. The van der Waals surface area contributed by atoms with Gasteiger partial charge in [0.05, 0.1) is 12.2 Å². The number of rotatable bonds is 2. The van der Waals surface area contributed by atoms with Gasteiger partial charge in [-0.2, -0.15) is 5.10 Å². The van der Waals surface area contributed by atoms with Crippen LogP contribution in [0, 0.1) is 0 Å². The van der Waals surface area contributed by atoms with E-state index in [1.165, 1.54) is 4.68 Å². The number of hydrogen-bond donors (Lipinski definition) is 2. The fraction of sp³-hybridized carbons (Fsp3) is 0.312. The second-order valence-corrected chi connectivity index (χ2v) is 5.87. The Hall–Kier alpha value is -3.23. The van der Waals surface area contributed by atoms with E-state index in [1.807, 2.05) is 0 Å². The molecule has 2 amide bonds. The number of ether oxygens (including phenoxy) is 2. The van der Waals surface area contributed by atoms with Crippen LogP contribution in [0.25, 0.3) is 0 Å². The Bertz CT molecular complexity index is 876. The Balaban J connectivity index is 1.51. The monoisotopic (exact) mass is 344 g/mol. The zero-order chi connectivity index (χ0) is 17.6. The van der Waals surface area contributed by atoms with Gasteiger partial charge in [0, 0.05) is 37.3 Å². The van der Waals surface area contributed by atoms with Crippen molar-refractivity contribution < 1.29 is 24.2 Å². The number of aromatic carboxylic acids is 1. The second kappa shape index (κ2) is 5.69. The van der Waals surface area contributed by atoms with E-state index < -0.39 is 5.97 Å². The number of carboxylic acid groups (broad SMARTS) is 1. The maximum absolute atomic E-state index is 12.5. The summed E-state index contributed by atoms with van der Waals surface area (Å²) in [5, 5.41) is 16.4. The fourth-order valence-corrected chi connectivity index (χ4v) is 3.12. The first-order valence-electron chi connectivity index (χ1n) is 7.76. The molecule has 0 atom stereocenters. The topological polar surface area (TPSA) is 106 Å². The van der Waals surface area contributed by atoms with E-state index in [0.717, 1.165) is 5.69 Å². The summed E-state index contributed by atoms with van der Waals surface area (Å²) in [5.74, 6) is 0.176. The largest absolute Gasteiger partial charge is 0.477 e. The Labute approximate surface area is 142 Å². The van der Waals surface area contributed by atoms with E-state index in [4.69, 9.17) is 9.47 Å². The lowest BCUT2D eigenvalue weighted by Crippen LogP contribution is -2.39. The van der Waals surface area contributed by atoms with Crippen LogP contribution < -0.4 is 14.8 Å². The highest BCUT2D eigenvalue weighted by Crippen LogP contribution is 2.34. The van der Waals surface area contributed by atoms with Crippen LogP contribution in [0.2, 0.25) is 0 Å². The third-order valence-corrected chi connectivity index (χ3v) is 4.31. The van der Waals surface area contributed by atoms with Crippen LogP contribution in [0.4, 0.5) is 10.5 Å². The normalized spacial score (nSPS) is 15.0. The number of amides is 2. The van der Waals surface area contributed by atoms with Crippen molar-refractivity contribution in [3.8, 4) is 11.5 Å². The lowest BCUT2D eigenvalue weighted by molar-refractivity contribution is 0.0682. The van der Waals surface area contributed by atoms with Crippen LogP contribution >= 0.6 is 0 Å². The van der Waals surface area contributed by atoms with Crippen LogP contribution in [0.1, 0.15) is 21.7 Å². The molecule has 9 heteroatoms. The van der Waals surface area contributed by atoms with Gasteiger partial charge in [-0.15, -0.1) is 0 Å². The first-order chi connectivity index (χ1) is 12.0. The minimum Gasteiger partial charge on any atom is -0.477 e. The molecule has 0 unspecified atom stereocenters. The van der Waals surface area contributed by atoms with E-state index in [1.54, 1.807) is 30.1 Å². The summed E-state index contributed by atoms with van der Waals surface area (Å²) in [6.45, 7) is 0.848. The molecule has 130 valence electrons. The molecule has 0 spiro atoms. The molecule has 0 fully saturated rings. The SMILES string of the molecule is Cn1nc2c(c1C(=O)O)CN(C(=O)Nc1ccc3c(c1)OCO3)CC2. The number of hydrogen-bond acceptors (Lipinski definition) is 5. The summed E-state index contributed by atoms with van der Waals surface area (Å²) in [6.07, 6.45) is 0.519. The predicted molar refractivity (Wildman–Crippen MR) is 85.9 cm³/mol. The lowest BCUT2D eigenvalue weighted by Gasteiger charge is -2.26. The van der Waals surface area contributed by atoms with E-state index >= 15 is 0 Å². The number of fused-ring (bicyclic) bond motifs is 2. The van der Waals surface area contributed by atoms with Crippen molar-refractivity contribution in [3.05, 3.63) is 35.2 Å². The summed E-state index contributed by atoms with van der Waals surface area (Å²) in [6, 6.07) is 4.86. The van der Waals surface area contributed by atoms with Gasteiger partial charge in [0.2, 0.25) is 6.79 Å². The van der Waals surface area contributed by atoms with Gasteiger partial charge >= 0.3 is 12.0 Å². The van der Waals surface area contributed by atoms with Crippen molar-refractivity contribution in [2.45, 2.75) is 13.0 Å². The van der Waals surface area contributed by atoms with Crippen molar-refractivity contribution in [1.82, 2.24) is 14.7 Å². The standard InChI is InChI=1S/C16H16N4O5/c1-19-14(15(21)22)10-7-20(5-4-11(10)18-19)16(23)17-9-2-3-12-13(6-9)25-8-24-12/h2-3,6H,4-5,7-8H2,1H3,(H,17,23)(H,21,22). The van der Waals surface area contributed by atoms with Crippen molar-refractivity contribution >= 4 is 17.7 Å². The maximum Gasteiger partial charge on any atom is 0.354 e. The molecular weight excluding hydrogens is 328 g/mol. The Morgan fingerprint density at radius 3 is 2.88 bits per heavy atom. The van der Waals surface area contributed by atoms with Crippen molar-refractivity contribution in [3.63, 3.8) is 0 Å². The Morgan fingerprint density at radius 1 is 1.28 bits per heavy atom. The van der Waals surface area contributed by atoms with E-state index in [9.17, 15) is 14.7 Å². The maximum atomic E-state index is 12.5. The van der Waals surface area contributed by atoms with Crippen molar-refractivity contribution in [1.29, 1.82) is 0 Å². The fourth-order valence-electron chi connectivity index (χ4n) is 3.12. The van der Waals surface area contributed by atoms with Crippen LogP contribution in [0.15, 0.2) is 18.2 Å². The molecule has 4 rings (SSSR count). The molecule has 0 saturated heterocycles. The molecule has 25 heavy (non-hydrogen) atoms. The third kappa shape index (κ3) is 2.63. The predicted octanol–water partition coefficient (Wildman–Crippen LogP) is 1.44. The van der Waals surface area contributed by atoms with Crippen molar-refractivity contribution in [2.24, 2.45) is 7.05 Å². The number of aryl methyl sites for hydroxylation is 1. The highest BCUT2D eigenvalue weighted by Gasteiger charge is 2.29. The molecular formula is C16H16N4O5. The Morgan fingerprint density at radius 2 is 2.08 bits per heavy atom. The average Bonchev–Trinajstić information content (AvgIpc) is 3.16. The summed E-state index contributed by atoms with van der Waals surface area (Å²) in [5.41, 5.74) is 2.02. The smallest absolute Gasteiger partial charge is 0.354 e. The number of nitrogens with one attached hydrogen (secondary N) is 1. The first kappa shape index (κ1) is 15.3. The number of carbonyl (C=O) groups excluding carboxylic acids is 1. The first-order valence-corrected chi connectivity index (χ1v) is 7.76. The molecule has 2 aliphatic rings. The summed E-state index contributed by atoms with van der Waals surface area (Å²) in [7, 11) is 1.60. The van der Waals surface area contributed by atoms with Gasteiger partial charge in [-0.05, 0) is 12.1 Å². The molecule has 1 aromatic heterocycles. The van der Waals surface area contributed by atoms with Crippen LogP contribution in [0.3, 0.4) is 0 Å². The number of nitrogens with zero attached hydrogens (tertiary/aromatic N) is 3. The van der Waals surface area contributed by atoms with E-state index in [0.29, 0.717) is 35.7 Å². The average molecular weight is 344 g/mol. The van der Waals surface area contributed by atoms with E-state index in [2.05, 4.69) is 10.4 Å². The molecule has 0 bridgehead atoms. The molecule has 0 saturated carbocycles. The van der Waals surface area contributed by atoms with Gasteiger partial charge in [0.15, 0.2) is 17.2 Å². The molecule has 1 aromatic carbocycles. The number of carbonyl (C=O) groups is 2. The molecule has 2 N–H and O–H groups in total. The van der Waals surface area contributed by atoms with Crippen LogP contribution in [-0.2, 0) is 20.0 Å². The number of carboxylic acids is 1. The highest BCUT2D eigenvalue weighted by molar-refractivity contribution is 5.91. The molecule has 3 heterocycles. The van der Waals surface area contributed by atoms with Gasteiger partial charge in [-0.1, -0.05) is 0 Å². The number of urea groups is 1. The van der Waals surface area contributed by atoms with Gasteiger partial charge in [0.25, 0.3) is 0 Å². The number of anilines is 1. The quantitative estimate of drug-likeness (QED) is 0.854. The van der Waals surface area contributed by atoms with Crippen LogP contribution in [-0.4, -0.2) is 45.1 Å². The number of benzene rings is 1. The summed E-state index contributed by atoms with van der Waals surface area (Å²) in [4.78, 5) is 25.5. The van der Waals surface area contributed by atoms with Gasteiger partial charge in [0.1, 0.15) is 0 Å². The highest BCUT2D eigenvalue weighted by atomic mass is 16.7. The second-order valence-electron chi connectivity index (χ2n) is 5.87. The third-order valence-electron chi connectivity index (χ3n) is 4.31. The molecule has 0 aliphatic carbocycles. The minimum absolute atomic E-state index is 0.121. The van der Waals surface area contributed by atoms with E-state index in [-0.39, 0.29) is 25.1 Å². The molecule has 9 nitrogen and oxygen atoms in total. The lowest BCUT2D eigenvalue weighted by atomic mass is 10.1. The van der Waals surface area contributed by atoms with Crippen LogP contribution in [0.5, 0.6) is 11.5 Å². The molecule has 0 radical (unpaired) electrons. The zero-order valence-electron chi connectivity index (χ0n) is 13.5. The van der Waals surface area contributed by atoms with Gasteiger partial charge in [-0.3, -0.25) is 4.68 Å². The summed E-state index contributed by atoms with van der Waals surface area (Å²) >= 11 is 0. The minimum atomic E-state index is -1.05. The summed E-state index contributed by atoms with van der Waals surface area (Å²) < 4.78 is 11.9. The van der Waals surface area contributed by atoms with Gasteiger partial charge < -0.3 is 24.8 Å². The van der Waals surface area contributed by atoms with Crippen molar-refractivity contribution in [2.75, 3.05) is 18.7 Å².